The molecule has 0 unspecified atom stereocenters. The van der Waals surface area contributed by atoms with Crippen molar-refractivity contribution in [2.75, 3.05) is 58.3 Å². The number of piperazine rings is 1. The maximum atomic E-state index is 4.36. The molecule has 0 aromatic heterocycles. The molecule has 0 aliphatic carbocycles. The fourth-order valence-corrected chi connectivity index (χ4v) is 3.86. The van der Waals surface area contributed by atoms with Gasteiger partial charge in [0.1, 0.15) is 0 Å². The minimum Gasteiger partial charge on any atom is -0.356 e. The summed E-state index contributed by atoms with van der Waals surface area (Å²) in [6.45, 7) is 10.9. The van der Waals surface area contributed by atoms with E-state index in [9.17, 15) is 0 Å². The van der Waals surface area contributed by atoms with E-state index in [2.05, 4.69) is 62.9 Å². The average Bonchev–Trinajstić information content (AvgIpc) is 2.71. The van der Waals surface area contributed by atoms with Crippen LogP contribution < -0.4 is 10.6 Å². The number of guanidine groups is 1. The Morgan fingerprint density at radius 2 is 1.74 bits per heavy atom. The number of hydrogen-bond acceptors (Lipinski definition) is 4. The molecule has 152 valence electrons. The SMILES string of the molecule is CCN1CCN(Cc2ccccc2CNC(=NC)NCCCCSC)CC1. The molecule has 1 aromatic rings. The van der Waals surface area contributed by atoms with Gasteiger partial charge in [-0.15, -0.1) is 0 Å². The molecule has 1 fully saturated rings. The summed E-state index contributed by atoms with van der Waals surface area (Å²) in [5, 5.41) is 6.90. The second kappa shape index (κ2) is 13.0. The first-order valence-corrected chi connectivity index (χ1v) is 11.6. The Morgan fingerprint density at radius 3 is 2.41 bits per heavy atom. The summed E-state index contributed by atoms with van der Waals surface area (Å²) >= 11 is 1.91. The Labute approximate surface area is 170 Å². The van der Waals surface area contributed by atoms with Crippen LogP contribution in [-0.4, -0.2) is 74.1 Å². The Morgan fingerprint density at radius 1 is 1.04 bits per heavy atom. The lowest BCUT2D eigenvalue weighted by Crippen LogP contribution is -2.45. The van der Waals surface area contributed by atoms with Crippen molar-refractivity contribution in [1.82, 2.24) is 20.4 Å². The number of benzene rings is 1. The number of aliphatic imine (C=N–C) groups is 1. The zero-order valence-corrected chi connectivity index (χ0v) is 18.2. The molecule has 6 heteroatoms. The van der Waals surface area contributed by atoms with Crippen LogP contribution in [0.3, 0.4) is 0 Å². The molecule has 0 bridgehead atoms. The highest BCUT2D eigenvalue weighted by Gasteiger charge is 2.16. The van der Waals surface area contributed by atoms with E-state index >= 15 is 0 Å². The van der Waals surface area contributed by atoms with Gasteiger partial charge in [0.15, 0.2) is 5.96 Å². The molecule has 1 aromatic carbocycles. The largest absolute Gasteiger partial charge is 0.356 e. The van der Waals surface area contributed by atoms with Crippen LogP contribution in [0.4, 0.5) is 0 Å². The number of nitrogens with one attached hydrogen (secondary N) is 2. The predicted octanol–water partition coefficient (Wildman–Crippen LogP) is 2.63. The Hall–Kier alpha value is -1.24. The monoisotopic (exact) mass is 391 g/mol. The van der Waals surface area contributed by atoms with Gasteiger partial charge in [0.2, 0.25) is 0 Å². The molecule has 0 radical (unpaired) electrons. The second-order valence-corrected chi connectivity index (χ2v) is 8.02. The van der Waals surface area contributed by atoms with Crippen LogP contribution in [-0.2, 0) is 13.1 Å². The van der Waals surface area contributed by atoms with Gasteiger partial charge in [-0.25, -0.2) is 0 Å². The van der Waals surface area contributed by atoms with Gasteiger partial charge in [0.05, 0.1) is 0 Å². The number of likely N-dealkylation sites (N-methyl/N-ethyl adjacent to an activating group) is 1. The van der Waals surface area contributed by atoms with E-state index in [4.69, 9.17) is 0 Å². The van der Waals surface area contributed by atoms with E-state index < -0.39 is 0 Å². The lowest BCUT2D eigenvalue weighted by Gasteiger charge is -2.34. The molecule has 5 nitrogen and oxygen atoms in total. The van der Waals surface area contributed by atoms with Gasteiger partial charge in [-0.2, -0.15) is 11.8 Å². The number of nitrogens with zero attached hydrogens (tertiary/aromatic N) is 3. The third-order valence-corrected chi connectivity index (χ3v) is 5.86. The standard InChI is InChI=1S/C21H37N5S/c1-4-25-12-14-26(15-13-25)18-20-10-6-5-9-19(20)17-24-21(22-2)23-11-7-8-16-27-3/h5-6,9-10H,4,7-8,11-18H2,1-3H3,(H2,22,23,24). The highest BCUT2D eigenvalue weighted by molar-refractivity contribution is 7.98. The van der Waals surface area contributed by atoms with Crippen molar-refractivity contribution < 1.29 is 0 Å². The first-order chi connectivity index (χ1) is 13.3. The minimum absolute atomic E-state index is 0.815. The van der Waals surface area contributed by atoms with Crippen molar-refractivity contribution in [2.45, 2.75) is 32.9 Å². The first kappa shape index (κ1) is 22.1. The predicted molar refractivity (Wildman–Crippen MR) is 120 cm³/mol. The van der Waals surface area contributed by atoms with Crippen molar-refractivity contribution in [3.8, 4) is 0 Å². The van der Waals surface area contributed by atoms with Gasteiger partial charge < -0.3 is 15.5 Å². The van der Waals surface area contributed by atoms with Gasteiger partial charge in [-0.05, 0) is 42.5 Å². The molecule has 1 saturated heterocycles. The molecule has 0 amide bonds. The molecule has 2 rings (SSSR count). The summed E-state index contributed by atoms with van der Waals surface area (Å²) in [7, 11) is 1.84. The summed E-state index contributed by atoms with van der Waals surface area (Å²) in [4.78, 5) is 9.46. The minimum atomic E-state index is 0.815. The van der Waals surface area contributed by atoms with Crippen LogP contribution in [0.1, 0.15) is 30.9 Å². The normalized spacial score (nSPS) is 16.5. The zero-order valence-electron chi connectivity index (χ0n) is 17.3. The Bertz CT molecular complexity index is 555. The number of thioether (sulfide) groups is 1. The number of rotatable bonds is 10. The molecular weight excluding hydrogens is 354 g/mol. The van der Waals surface area contributed by atoms with Gasteiger partial charge >= 0.3 is 0 Å². The van der Waals surface area contributed by atoms with Crippen molar-refractivity contribution in [3.63, 3.8) is 0 Å². The van der Waals surface area contributed by atoms with Crippen LogP contribution >= 0.6 is 11.8 Å². The van der Waals surface area contributed by atoms with Crippen molar-refractivity contribution in [1.29, 1.82) is 0 Å². The van der Waals surface area contributed by atoms with Crippen LogP contribution in [0.2, 0.25) is 0 Å². The summed E-state index contributed by atoms with van der Waals surface area (Å²) < 4.78 is 0. The first-order valence-electron chi connectivity index (χ1n) is 10.2. The molecule has 2 N–H and O–H groups in total. The van der Waals surface area contributed by atoms with E-state index in [1.807, 2.05) is 18.8 Å². The molecular formula is C21H37N5S. The summed E-state index contributed by atoms with van der Waals surface area (Å²) in [5.74, 6) is 2.12. The van der Waals surface area contributed by atoms with E-state index in [1.165, 1.54) is 42.8 Å². The van der Waals surface area contributed by atoms with Gasteiger partial charge in [0, 0.05) is 52.9 Å². The number of hydrogen-bond donors (Lipinski definition) is 2. The van der Waals surface area contributed by atoms with Crippen molar-refractivity contribution in [3.05, 3.63) is 35.4 Å². The number of unbranched alkanes of at least 4 members (excludes halogenated alkanes) is 1. The van der Waals surface area contributed by atoms with E-state index in [-0.39, 0.29) is 0 Å². The van der Waals surface area contributed by atoms with E-state index in [0.29, 0.717) is 0 Å². The third-order valence-electron chi connectivity index (χ3n) is 5.16. The molecule has 1 heterocycles. The van der Waals surface area contributed by atoms with Crippen LogP contribution in [0, 0.1) is 0 Å². The van der Waals surface area contributed by atoms with Crippen LogP contribution in [0.25, 0.3) is 0 Å². The second-order valence-electron chi connectivity index (χ2n) is 7.03. The van der Waals surface area contributed by atoms with Crippen LogP contribution in [0.15, 0.2) is 29.3 Å². The third kappa shape index (κ3) is 8.11. The van der Waals surface area contributed by atoms with Crippen molar-refractivity contribution >= 4 is 17.7 Å². The summed E-state index contributed by atoms with van der Waals surface area (Å²) in [6.07, 6.45) is 4.59. The molecule has 0 spiro atoms. The Balaban J connectivity index is 1.80. The topological polar surface area (TPSA) is 42.9 Å². The highest BCUT2D eigenvalue weighted by atomic mass is 32.2. The fraction of sp³-hybridized carbons (Fsp3) is 0.667. The zero-order chi connectivity index (χ0) is 19.3. The quantitative estimate of drug-likeness (QED) is 0.365. The lowest BCUT2D eigenvalue weighted by molar-refractivity contribution is 0.131. The maximum Gasteiger partial charge on any atom is 0.191 e. The summed E-state index contributed by atoms with van der Waals surface area (Å²) in [6, 6.07) is 8.78. The molecule has 0 atom stereocenters. The fourth-order valence-electron chi connectivity index (χ4n) is 3.37. The van der Waals surface area contributed by atoms with Crippen molar-refractivity contribution in [2.24, 2.45) is 4.99 Å². The van der Waals surface area contributed by atoms with Gasteiger partial charge in [-0.3, -0.25) is 9.89 Å². The summed E-state index contributed by atoms with van der Waals surface area (Å²) in [5.41, 5.74) is 2.78. The highest BCUT2D eigenvalue weighted by Crippen LogP contribution is 2.13. The van der Waals surface area contributed by atoms with Crippen LogP contribution in [0.5, 0.6) is 0 Å². The smallest absolute Gasteiger partial charge is 0.191 e. The lowest BCUT2D eigenvalue weighted by atomic mass is 10.1. The molecule has 1 aliphatic rings. The van der Waals surface area contributed by atoms with Gasteiger partial charge in [0.25, 0.3) is 0 Å². The molecule has 0 saturated carbocycles. The maximum absolute atomic E-state index is 4.36. The molecule has 1 aliphatic heterocycles. The Kier molecular flexibility index (Phi) is 10.6. The van der Waals surface area contributed by atoms with E-state index in [0.717, 1.165) is 45.2 Å². The average molecular weight is 392 g/mol. The van der Waals surface area contributed by atoms with E-state index in [1.54, 1.807) is 0 Å². The molecule has 27 heavy (non-hydrogen) atoms. The van der Waals surface area contributed by atoms with Gasteiger partial charge in [-0.1, -0.05) is 31.2 Å².